The molecule has 0 aliphatic rings. The third-order valence-corrected chi connectivity index (χ3v) is 5.09. The summed E-state index contributed by atoms with van der Waals surface area (Å²) in [7, 11) is 0. The van der Waals surface area contributed by atoms with Crippen molar-refractivity contribution in [3.63, 3.8) is 0 Å². The number of nitrogens with zero attached hydrogens (tertiary/aromatic N) is 1. The second-order valence-corrected chi connectivity index (χ2v) is 9.35. The van der Waals surface area contributed by atoms with Crippen molar-refractivity contribution in [1.82, 2.24) is 10.6 Å². The zero-order valence-electron chi connectivity index (χ0n) is 21.8. The lowest BCUT2D eigenvalue weighted by Gasteiger charge is -2.27. The molecule has 2 amide bonds. The molecule has 0 aliphatic heterocycles. The highest BCUT2D eigenvalue weighted by Crippen LogP contribution is 2.24. The molecule has 0 aromatic rings. The van der Waals surface area contributed by atoms with Gasteiger partial charge in [0.2, 0.25) is 11.8 Å². The minimum Gasteiger partial charge on any atom is -0.481 e. The molecule has 0 radical (unpaired) electrons. The summed E-state index contributed by atoms with van der Waals surface area (Å²) >= 11 is 0. The number of hydrogen-bond donors (Lipinski definition) is 7. The van der Waals surface area contributed by atoms with Gasteiger partial charge in [-0.3, -0.25) is 19.4 Å². The van der Waals surface area contributed by atoms with Gasteiger partial charge >= 0.3 is 24.1 Å². The normalized spacial score (nSPS) is 12.8. The molecule has 16 heteroatoms. The maximum Gasteiger partial charge on any atom is 0.490 e. The van der Waals surface area contributed by atoms with E-state index in [4.69, 9.17) is 26.5 Å². The number of guanidine groups is 1. The third-order valence-electron chi connectivity index (χ3n) is 5.09. The molecule has 0 saturated heterocycles. The minimum absolute atomic E-state index is 0.0563. The molecule has 220 valence electrons. The smallest absolute Gasteiger partial charge is 0.481 e. The molecule has 0 unspecified atom stereocenters. The summed E-state index contributed by atoms with van der Waals surface area (Å²) in [6.45, 7) is 7.21. The topological polar surface area (TPSA) is 234 Å². The Balaban J connectivity index is 0. The maximum atomic E-state index is 12.7. The van der Waals surface area contributed by atoms with Gasteiger partial charge in [0, 0.05) is 12.0 Å². The summed E-state index contributed by atoms with van der Waals surface area (Å²) in [4.78, 5) is 60.5. The molecule has 0 aromatic carbocycles. The van der Waals surface area contributed by atoms with Crippen molar-refractivity contribution in [2.24, 2.45) is 27.8 Å². The number of nitrogens with one attached hydrogen (secondary N) is 2. The molecule has 13 nitrogen and oxygen atoms in total. The summed E-state index contributed by atoms with van der Waals surface area (Å²) in [5.41, 5.74) is 9.69. The predicted octanol–water partition coefficient (Wildman–Crippen LogP) is 1.05. The van der Waals surface area contributed by atoms with E-state index >= 15 is 0 Å². The van der Waals surface area contributed by atoms with E-state index in [0.29, 0.717) is 13.0 Å². The van der Waals surface area contributed by atoms with E-state index in [0.717, 1.165) is 25.7 Å². The van der Waals surface area contributed by atoms with Crippen LogP contribution in [0, 0.1) is 11.3 Å². The van der Waals surface area contributed by atoms with Crippen LogP contribution in [0.15, 0.2) is 4.99 Å². The number of hydrogen-bond acceptors (Lipinski definition) is 6. The Morgan fingerprint density at radius 3 is 1.79 bits per heavy atom. The van der Waals surface area contributed by atoms with E-state index in [2.05, 4.69) is 15.6 Å². The van der Waals surface area contributed by atoms with Gasteiger partial charge in [0.15, 0.2) is 5.96 Å². The predicted molar refractivity (Wildman–Crippen MR) is 130 cm³/mol. The molecule has 9 N–H and O–H groups in total. The lowest BCUT2D eigenvalue weighted by molar-refractivity contribution is -0.192. The molecule has 0 spiro atoms. The number of halogens is 3. The fourth-order valence-electron chi connectivity index (χ4n) is 2.86. The first-order valence-electron chi connectivity index (χ1n) is 11.6. The molecule has 0 saturated carbocycles. The van der Waals surface area contributed by atoms with Crippen molar-refractivity contribution in [2.45, 2.75) is 84.5 Å². The monoisotopic (exact) mass is 557 g/mol. The van der Waals surface area contributed by atoms with Crippen LogP contribution in [-0.2, 0) is 24.0 Å². The van der Waals surface area contributed by atoms with Crippen LogP contribution in [0.25, 0.3) is 0 Å². The van der Waals surface area contributed by atoms with Gasteiger partial charge in [0.05, 0.1) is 6.42 Å². The zero-order chi connectivity index (χ0) is 30.3. The number of carbonyl (C=O) groups excluding carboxylic acids is 2. The van der Waals surface area contributed by atoms with Crippen LogP contribution in [0.1, 0.15) is 66.2 Å². The lowest BCUT2D eigenvalue weighted by atomic mass is 9.85. The summed E-state index contributed by atoms with van der Waals surface area (Å²) in [6, 6.07) is -2.56. The first-order chi connectivity index (χ1) is 17.2. The highest BCUT2D eigenvalue weighted by molar-refractivity contribution is 5.94. The van der Waals surface area contributed by atoms with Gasteiger partial charge in [-0.1, -0.05) is 47.0 Å². The highest BCUT2D eigenvalue weighted by Gasteiger charge is 2.38. The number of aliphatic imine (C=N–C) groups is 1. The fraction of sp³-hybridized carbons (Fsp3) is 0.727. The van der Waals surface area contributed by atoms with Crippen LogP contribution in [-0.4, -0.2) is 75.8 Å². The van der Waals surface area contributed by atoms with Crippen LogP contribution in [0.3, 0.4) is 0 Å². The molecule has 0 fully saturated rings. The van der Waals surface area contributed by atoms with Gasteiger partial charge in [-0.15, -0.1) is 0 Å². The molecule has 0 bridgehead atoms. The number of amides is 2. The zero-order valence-corrected chi connectivity index (χ0v) is 21.8. The van der Waals surface area contributed by atoms with Crippen molar-refractivity contribution >= 4 is 35.7 Å². The average Bonchev–Trinajstić information content (AvgIpc) is 2.74. The molecular formula is C22H38F3N5O8. The Bertz CT molecular complexity index is 843. The van der Waals surface area contributed by atoms with Crippen LogP contribution in [0.5, 0.6) is 0 Å². The third kappa shape index (κ3) is 17.0. The number of carboxylic acid groups (broad SMARTS) is 3. The lowest BCUT2D eigenvalue weighted by Crippen LogP contribution is -2.55. The summed E-state index contributed by atoms with van der Waals surface area (Å²) in [5.74, 6) is -6.93. The van der Waals surface area contributed by atoms with Gasteiger partial charge in [0.1, 0.15) is 12.1 Å². The molecule has 0 aromatic heterocycles. The maximum absolute atomic E-state index is 12.7. The van der Waals surface area contributed by atoms with Crippen LogP contribution >= 0.6 is 0 Å². The van der Waals surface area contributed by atoms with Crippen LogP contribution in [0.2, 0.25) is 0 Å². The molecule has 2 atom stereocenters. The Morgan fingerprint density at radius 1 is 0.895 bits per heavy atom. The van der Waals surface area contributed by atoms with Gasteiger partial charge in [-0.25, -0.2) is 9.59 Å². The first kappa shape index (κ1) is 36.6. The van der Waals surface area contributed by atoms with Crippen LogP contribution < -0.4 is 22.1 Å². The molecular weight excluding hydrogens is 519 g/mol. The van der Waals surface area contributed by atoms with E-state index in [1.165, 1.54) is 0 Å². The van der Waals surface area contributed by atoms with Gasteiger partial charge in [-0.2, -0.15) is 13.2 Å². The number of aliphatic carboxylic acids is 3. The summed E-state index contributed by atoms with van der Waals surface area (Å²) in [6.07, 6.45) is -1.86. The number of nitrogens with two attached hydrogens (primary N) is 2. The molecule has 0 rings (SSSR count). The first-order valence-corrected chi connectivity index (χ1v) is 11.6. The average molecular weight is 558 g/mol. The Hall–Kier alpha value is -3.59. The molecule has 0 heterocycles. The van der Waals surface area contributed by atoms with Crippen molar-refractivity contribution < 1.29 is 52.5 Å². The van der Waals surface area contributed by atoms with Crippen molar-refractivity contribution in [2.75, 3.05) is 6.54 Å². The van der Waals surface area contributed by atoms with E-state index < -0.39 is 65.7 Å². The Kier molecular flexibility index (Phi) is 16.4. The second-order valence-electron chi connectivity index (χ2n) is 9.35. The van der Waals surface area contributed by atoms with Crippen molar-refractivity contribution in [3.05, 3.63) is 0 Å². The van der Waals surface area contributed by atoms with Crippen molar-refractivity contribution in [3.8, 4) is 0 Å². The largest absolute Gasteiger partial charge is 0.490 e. The van der Waals surface area contributed by atoms with Crippen molar-refractivity contribution in [1.29, 1.82) is 0 Å². The standard InChI is InChI=1S/C20H37N5O6.C2HF3O2/c1-12(2)15(17(29)30)25-16(28)13(11-14(26)27)24-18(31)20(3,4)9-7-5-6-8-10-23-19(21)22;3-2(4,5)1(6)7/h12-13,15H,5-11H2,1-4H3,(H,24,31)(H,25,28)(H,26,27)(H,29,30)(H4,21,22,23);(H,6,7)/t13-,15-;/m0./s1. The second kappa shape index (κ2) is 17.0. The SMILES string of the molecule is CC(C)[C@H](NC(=O)[C@H](CC(=O)O)NC(=O)C(C)(C)CCCCCCN=C(N)N)C(=O)O.O=C(O)C(F)(F)F. The van der Waals surface area contributed by atoms with E-state index in [9.17, 15) is 37.5 Å². The number of rotatable bonds is 15. The summed E-state index contributed by atoms with van der Waals surface area (Å²) in [5, 5.41) is 30.3. The number of alkyl halides is 3. The van der Waals surface area contributed by atoms with E-state index in [1.807, 2.05) is 0 Å². The minimum atomic E-state index is -5.08. The summed E-state index contributed by atoms with van der Waals surface area (Å²) < 4.78 is 31.7. The molecule has 38 heavy (non-hydrogen) atoms. The van der Waals surface area contributed by atoms with E-state index in [-0.39, 0.29) is 5.96 Å². The fourth-order valence-corrected chi connectivity index (χ4v) is 2.86. The van der Waals surface area contributed by atoms with E-state index in [1.54, 1.807) is 27.7 Å². The Labute approximate surface area is 218 Å². The van der Waals surface area contributed by atoms with Crippen LogP contribution in [0.4, 0.5) is 13.2 Å². The van der Waals surface area contributed by atoms with Gasteiger partial charge in [0.25, 0.3) is 0 Å². The number of carbonyl (C=O) groups is 5. The Morgan fingerprint density at radius 2 is 1.39 bits per heavy atom. The number of unbranched alkanes of at least 4 members (excludes halogenated alkanes) is 3. The number of carboxylic acids is 3. The quantitative estimate of drug-likeness (QED) is 0.0858. The van der Waals surface area contributed by atoms with Gasteiger partial charge in [-0.05, 0) is 18.8 Å². The highest BCUT2D eigenvalue weighted by atomic mass is 19.4. The molecule has 0 aliphatic carbocycles. The van der Waals surface area contributed by atoms with Gasteiger partial charge < -0.3 is 37.4 Å².